The fourth-order valence-corrected chi connectivity index (χ4v) is 1.05. The highest BCUT2D eigenvalue weighted by molar-refractivity contribution is 14.1. The maximum atomic E-state index is 2.23. The second kappa shape index (κ2) is 4.50. The predicted octanol–water partition coefficient (Wildman–Crippen LogP) is 3.18. The van der Waals surface area contributed by atoms with E-state index in [-0.39, 0.29) is 0 Å². The smallest absolute Gasteiger partial charge is 0.00899 e. The van der Waals surface area contributed by atoms with E-state index >= 15 is 0 Å². The van der Waals surface area contributed by atoms with Crippen LogP contribution < -0.4 is 0 Å². The topological polar surface area (TPSA) is 0 Å². The summed E-state index contributed by atoms with van der Waals surface area (Å²) in [5.74, 6) is 0. The molecule has 1 aromatic carbocycles. The Morgan fingerprint density at radius 2 is 1.90 bits per heavy atom. The van der Waals surface area contributed by atoms with Gasteiger partial charge in [0.1, 0.15) is 0 Å². The normalized spacial score (nSPS) is 10.5. The highest BCUT2D eigenvalue weighted by Crippen LogP contribution is 2.00. The van der Waals surface area contributed by atoms with E-state index in [9.17, 15) is 0 Å². The van der Waals surface area contributed by atoms with Crippen molar-refractivity contribution in [1.29, 1.82) is 0 Å². The molecule has 0 saturated carbocycles. The molecule has 1 heteroatoms. The summed E-state index contributed by atoms with van der Waals surface area (Å²) in [6.45, 7) is 0. The van der Waals surface area contributed by atoms with Crippen LogP contribution in [0, 0.1) is 0 Å². The molecule has 0 aliphatic carbocycles. The molecule has 0 N–H and O–H groups in total. The fraction of sp³-hybridized carbons (Fsp3) is 0.111. The highest BCUT2D eigenvalue weighted by atomic mass is 127. The summed E-state index contributed by atoms with van der Waals surface area (Å²) in [4.78, 5) is 0. The molecule has 10 heavy (non-hydrogen) atoms. The van der Waals surface area contributed by atoms with Gasteiger partial charge in [-0.25, -0.2) is 0 Å². The van der Waals surface area contributed by atoms with Crippen LogP contribution in [0.2, 0.25) is 0 Å². The molecule has 52 valence electrons. The summed E-state index contributed by atoms with van der Waals surface area (Å²) in [6.07, 6.45) is 3.19. The maximum Gasteiger partial charge on any atom is -0.00899 e. The molecule has 0 spiro atoms. The SMILES string of the molecule is I/C=C/Cc1ccccc1. The van der Waals surface area contributed by atoms with Gasteiger partial charge in [0, 0.05) is 0 Å². The number of benzene rings is 1. The number of allylic oxidation sites excluding steroid dienone is 1. The minimum atomic E-state index is 1.05. The van der Waals surface area contributed by atoms with E-state index in [1.165, 1.54) is 5.56 Å². The third-order valence-electron chi connectivity index (χ3n) is 1.29. The van der Waals surface area contributed by atoms with Crippen molar-refractivity contribution in [2.24, 2.45) is 0 Å². The van der Waals surface area contributed by atoms with Gasteiger partial charge in [0.2, 0.25) is 0 Å². The molecule has 0 nitrogen and oxygen atoms in total. The largest absolute Gasteiger partial charge is 0.0741 e. The van der Waals surface area contributed by atoms with Crippen molar-refractivity contribution in [3.8, 4) is 0 Å². The van der Waals surface area contributed by atoms with Crippen molar-refractivity contribution in [3.05, 3.63) is 46.1 Å². The zero-order valence-electron chi connectivity index (χ0n) is 5.63. The van der Waals surface area contributed by atoms with Gasteiger partial charge < -0.3 is 0 Å². The van der Waals surface area contributed by atoms with E-state index < -0.39 is 0 Å². The summed E-state index contributed by atoms with van der Waals surface area (Å²) in [6, 6.07) is 10.4. The lowest BCUT2D eigenvalue weighted by Crippen LogP contribution is -1.76. The van der Waals surface area contributed by atoms with Crippen LogP contribution in [-0.4, -0.2) is 0 Å². The highest BCUT2D eigenvalue weighted by Gasteiger charge is 1.83. The summed E-state index contributed by atoms with van der Waals surface area (Å²) in [7, 11) is 0. The second-order valence-corrected chi connectivity index (χ2v) is 2.77. The molecule has 0 aliphatic rings. The van der Waals surface area contributed by atoms with E-state index in [1.807, 2.05) is 10.1 Å². The Labute approximate surface area is 75.1 Å². The summed E-state index contributed by atoms with van der Waals surface area (Å²) < 4.78 is 2.05. The molecule has 0 amide bonds. The van der Waals surface area contributed by atoms with Crippen LogP contribution in [0.1, 0.15) is 5.56 Å². The third-order valence-corrected chi connectivity index (χ3v) is 1.79. The van der Waals surface area contributed by atoms with Crippen molar-refractivity contribution >= 4 is 22.6 Å². The minimum absolute atomic E-state index is 1.05. The number of hydrogen-bond acceptors (Lipinski definition) is 0. The van der Waals surface area contributed by atoms with Gasteiger partial charge in [-0.3, -0.25) is 0 Å². The van der Waals surface area contributed by atoms with Crippen LogP contribution in [-0.2, 0) is 6.42 Å². The minimum Gasteiger partial charge on any atom is -0.0741 e. The Morgan fingerprint density at radius 3 is 2.50 bits per heavy atom. The molecule has 0 radical (unpaired) electrons. The molecule has 0 aliphatic heterocycles. The molecular formula is C9H9I. The van der Waals surface area contributed by atoms with Crippen molar-refractivity contribution in [1.82, 2.24) is 0 Å². The molecule has 1 aromatic rings. The summed E-state index contributed by atoms with van der Waals surface area (Å²) in [5.41, 5.74) is 1.37. The van der Waals surface area contributed by atoms with Gasteiger partial charge in [-0.1, -0.05) is 59.0 Å². The monoisotopic (exact) mass is 244 g/mol. The van der Waals surface area contributed by atoms with Crippen molar-refractivity contribution in [3.63, 3.8) is 0 Å². The van der Waals surface area contributed by atoms with E-state index in [4.69, 9.17) is 0 Å². The Kier molecular flexibility index (Phi) is 3.50. The van der Waals surface area contributed by atoms with E-state index in [0.29, 0.717) is 0 Å². The first-order valence-electron chi connectivity index (χ1n) is 3.22. The van der Waals surface area contributed by atoms with E-state index in [1.54, 1.807) is 0 Å². The summed E-state index contributed by atoms with van der Waals surface area (Å²) in [5, 5.41) is 0. The molecule has 0 aromatic heterocycles. The number of halogens is 1. The quantitative estimate of drug-likeness (QED) is 0.701. The van der Waals surface area contributed by atoms with Gasteiger partial charge in [0.25, 0.3) is 0 Å². The number of rotatable bonds is 2. The molecule has 0 fully saturated rings. The fourth-order valence-electron chi connectivity index (χ4n) is 0.795. The Hall–Kier alpha value is -0.310. The first-order chi connectivity index (χ1) is 4.93. The summed E-state index contributed by atoms with van der Waals surface area (Å²) >= 11 is 2.23. The lowest BCUT2D eigenvalue weighted by molar-refractivity contribution is 1.28. The zero-order chi connectivity index (χ0) is 7.23. The standard InChI is InChI=1S/C9H9I/c10-8-4-7-9-5-2-1-3-6-9/h1-6,8H,7H2/b8-4+. The van der Waals surface area contributed by atoms with E-state index in [0.717, 1.165) is 6.42 Å². The van der Waals surface area contributed by atoms with Crippen LogP contribution >= 0.6 is 22.6 Å². The van der Waals surface area contributed by atoms with Crippen LogP contribution in [0.25, 0.3) is 0 Å². The van der Waals surface area contributed by atoms with Gasteiger partial charge in [0.05, 0.1) is 0 Å². The van der Waals surface area contributed by atoms with Gasteiger partial charge >= 0.3 is 0 Å². The van der Waals surface area contributed by atoms with Gasteiger partial charge in [0.15, 0.2) is 0 Å². The average Bonchev–Trinajstić information content (AvgIpc) is 2.03. The molecule has 0 unspecified atom stereocenters. The molecule has 1 rings (SSSR count). The lowest BCUT2D eigenvalue weighted by atomic mass is 10.2. The Bertz CT molecular complexity index is 201. The van der Waals surface area contributed by atoms with Gasteiger partial charge in [-0.05, 0) is 16.1 Å². The van der Waals surface area contributed by atoms with Crippen molar-refractivity contribution < 1.29 is 0 Å². The first kappa shape index (κ1) is 7.79. The Morgan fingerprint density at radius 1 is 1.20 bits per heavy atom. The van der Waals surface area contributed by atoms with Crippen molar-refractivity contribution in [2.45, 2.75) is 6.42 Å². The number of hydrogen-bond donors (Lipinski definition) is 0. The van der Waals surface area contributed by atoms with E-state index in [2.05, 4.69) is 52.9 Å². The zero-order valence-corrected chi connectivity index (χ0v) is 7.78. The molecule has 0 saturated heterocycles. The van der Waals surface area contributed by atoms with Crippen LogP contribution in [0.3, 0.4) is 0 Å². The molecular weight excluding hydrogens is 235 g/mol. The van der Waals surface area contributed by atoms with Crippen molar-refractivity contribution in [2.75, 3.05) is 0 Å². The molecule has 0 heterocycles. The molecule has 0 bridgehead atoms. The third kappa shape index (κ3) is 2.52. The predicted molar refractivity (Wildman–Crippen MR) is 53.3 cm³/mol. The first-order valence-corrected chi connectivity index (χ1v) is 4.47. The second-order valence-electron chi connectivity index (χ2n) is 2.05. The van der Waals surface area contributed by atoms with Crippen LogP contribution in [0.15, 0.2) is 40.5 Å². The van der Waals surface area contributed by atoms with Gasteiger partial charge in [-0.2, -0.15) is 0 Å². The van der Waals surface area contributed by atoms with Gasteiger partial charge in [-0.15, -0.1) is 0 Å². The van der Waals surface area contributed by atoms with Crippen LogP contribution in [0.5, 0.6) is 0 Å². The lowest BCUT2D eigenvalue weighted by Gasteiger charge is -1.91. The Balaban J connectivity index is 2.59. The molecule has 0 atom stereocenters. The van der Waals surface area contributed by atoms with Crippen LogP contribution in [0.4, 0.5) is 0 Å². The average molecular weight is 244 g/mol. The maximum absolute atomic E-state index is 2.23.